The molecule has 0 saturated carbocycles. The van der Waals surface area contributed by atoms with Crippen LogP contribution < -0.4 is 5.46 Å². The van der Waals surface area contributed by atoms with Crippen molar-refractivity contribution in [3.63, 3.8) is 0 Å². The minimum Gasteiger partial charge on any atom is -0.444 e. The van der Waals surface area contributed by atoms with Gasteiger partial charge in [0.25, 0.3) is 0 Å². The van der Waals surface area contributed by atoms with Crippen molar-refractivity contribution in [2.45, 2.75) is 84.2 Å². The van der Waals surface area contributed by atoms with Crippen LogP contribution in [0.3, 0.4) is 0 Å². The molecule has 2 aromatic rings. The summed E-state index contributed by atoms with van der Waals surface area (Å²) in [6, 6.07) is 16.2. The van der Waals surface area contributed by atoms with Gasteiger partial charge in [0, 0.05) is 12.5 Å². The molecule has 1 amide bonds. The van der Waals surface area contributed by atoms with Crippen LogP contribution in [0.1, 0.15) is 78.0 Å². The molecular formula is C29H36BFN2O4. The van der Waals surface area contributed by atoms with Crippen molar-refractivity contribution in [3.05, 3.63) is 65.5 Å². The fourth-order valence-corrected chi connectivity index (χ4v) is 4.99. The van der Waals surface area contributed by atoms with Crippen LogP contribution in [0.15, 0.2) is 48.5 Å². The molecular weight excluding hydrogens is 470 g/mol. The molecule has 2 saturated heterocycles. The second-order valence-corrected chi connectivity index (χ2v) is 11.7. The van der Waals surface area contributed by atoms with Gasteiger partial charge in [-0.1, -0.05) is 36.4 Å². The van der Waals surface area contributed by atoms with Gasteiger partial charge in [-0.3, -0.25) is 0 Å². The molecule has 2 fully saturated rings. The van der Waals surface area contributed by atoms with Gasteiger partial charge in [-0.25, -0.2) is 9.18 Å². The largest absolute Gasteiger partial charge is 0.494 e. The molecule has 2 heterocycles. The zero-order valence-corrected chi connectivity index (χ0v) is 22.7. The molecule has 1 unspecified atom stereocenters. The van der Waals surface area contributed by atoms with E-state index in [0.29, 0.717) is 13.0 Å². The van der Waals surface area contributed by atoms with E-state index in [9.17, 15) is 14.4 Å². The minimum absolute atomic E-state index is 0.234. The van der Waals surface area contributed by atoms with E-state index in [0.717, 1.165) is 16.6 Å². The van der Waals surface area contributed by atoms with Crippen LogP contribution in [0.2, 0.25) is 0 Å². The summed E-state index contributed by atoms with van der Waals surface area (Å²) in [5, 5.41) is 9.83. The number of rotatable bonds is 5. The SMILES string of the molecule is C[C@@H](c1ccc(B2OC(C)(C)C(C)(C)O2)cc1)N1CCC(c2ccc(F)cc2)[C@@H](C(C)(C)C#N)OC1=O. The molecule has 0 radical (unpaired) electrons. The molecule has 0 aromatic heterocycles. The first kappa shape index (κ1) is 27.2. The van der Waals surface area contributed by atoms with Gasteiger partial charge in [-0.15, -0.1) is 0 Å². The van der Waals surface area contributed by atoms with Crippen molar-refractivity contribution in [2.24, 2.45) is 5.41 Å². The fourth-order valence-electron chi connectivity index (χ4n) is 4.99. The van der Waals surface area contributed by atoms with Gasteiger partial charge in [0.1, 0.15) is 11.9 Å². The predicted octanol–water partition coefficient (Wildman–Crippen LogP) is 5.73. The monoisotopic (exact) mass is 506 g/mol. The Balaban J connectivity index is 1.55. The summed E-state index contributed by atoms with van der Waals surface area (Å²) in [6.07, 6.45) is -0.539. The smallest absolute Gasteiger partial charge is 0.444 e. The van der Waals surface area contributed by atoms with E-state index in [1.54, 1.807) is 30.9 Å². The number of hydrogen-bond acceptors (Lipinski definition) is 5. The summed E-state index contributed by atoms with van der Waals surface area (Å²) in [6.45, 7) is 14.0. The average molecular weight is 506 g/mol. The Bertz CT molecular complexity index is 1160. The summed E-state index contributed by atoms with van der Waals surface area (Å²) >= 11 is 0. The van der Waals surface area contributed by atoms with Crippen molar-refractivity contribution in [1.29, 1.82) is 5.26 Å². The molecule has 2 aliphatic heterocycles. The van der Waals surface area contributed by atoms with Gasteiger partial charge in [0.05, 0.1) is 28.7 Å². The summed E-state index contributed by atoms with van der Waals surface area (Å²) in [5.41, 5.74) is 0.957. The van der Waals surface area contributed by atoms with Gasteiger partial charge < -0.3 is 18.9 Å². The number of benzene rings is 2. The Hall–Kier alpha value is -2.89. The van der Waals surface area contributed by atoms with Gasteiger partial charge in [-0.05, 0) is 83.6 Å². The van der Waals surface area contributed by atoms with E-state index in [-0.39, 0.29) is 17.8 Å². The Labute approximate surface area is 219 Å². The number of carbonyl (C=O) groups is 1. The van der Waals surface area contributed by atoms with Crippen molar-refractivity contribution >= 4 is 18.7 Å². The molecule has 0 aliphatic carbocycles. The van der Waals surface area contributed by atoms with Crippen molar-refractivity contribution in [3.8, 4) is 6.07 Å². The lowest BCUT2D eigenvalue weighted by molar-refractivity contribution is 0.00578. The summed E-state index contributed by atoms with van der Waals surface area (Å²) < 4.78 is 31.9. The normalized spacial score (nSPS) is 24.2. The summed E-state index contributed by atoms with van der Waals surface area (Å²) in [4.78, 5) is 15.0. The van der Waals surface area contributed by atoms with Gasteiger partial charge in [0.2, 0.25) is 0 Å². The highest BCUT2D eigenvalue weighted by molar-refractivity contribution is 6.62. The first-order valence-electron chi connectivity index (χ1n) is 12.9. The van der Waals surface area contributed by atoms with Crippen LogP contribution in [0.25, 0.3) is 0 Å². The second-order valence-electron chi connectivity index (χ2n) is 11.7. The number of carbonyl (C=O) groups excluding carboxylic acids is 1. The fraction of sp³-hybridized carbons (Fsp3) is 0.517. The average Bonchev–Trinajstić information content (AvgIpc) is 2.96. The highest BCUT2D eigenvalue weighted by Gasteiger charge is 2.51. The number of nitriles is 1. The van der Waals surface area contributed by atoms with E-state index >= 15 is 0 Å². The lowest BCUT2D eigenvalue weighted by Crippen LogP contribution is -2.41. The van der Waals surface area contributed by atoms with Gasteiger partial charge in [0.15, 0.2) is 0 Å². The molecule has 0 spiro atoms. The molecule has 2 aromatic carbocycles. The molecule has 196 valence electrons. The van der Waals surface area contributed by atoms with Crippen LogP contribution >= 0.6 is 0 Å². The van der Waals surface area contributed by atoms with Crippen molar-refractivity contribution in [1.82, 2.24) is 4.90 Å². The second kappa shape index (κ2) is 9.77. The lowest BCUT2D eigenvalue weighted by atomic mass is 9.76. The zero-order chi connectivity index (χ0) is 27.2. The maximum Gasteiger partial charge on any atom is 0.494 e. The molecule has 6 nitrogen and oxygen atoms in total. The number of nitrogens with zero attached hydrogens (tertiary/aromatic N) is 2. The number of hydrogen-bond donors (Lipinski definition) is 0. The van der Waals surface area contributed by atoms with Gasteiger partial charge in [-0.2, -0.15) is 5.26 Å². The summed E-state index contributed by atoms with van der Waals surface area (Å²) in [5.74, 6) is -0.563. The van der Waals surface area contributed by atoms with Crippen molar-refractivity contribution < 1.29 is 23.2 Å². The minimum atomic E-state index is -0.918. The highest BCUT2D eigenvalue weighted by atomic mass is 19.1. The third-order valence-corrected chi connectivity index (χ3v) is 8.22. The Morgan fingerprint density at radius 1 is 1.05 bits per heavy atom. The molecule has 3 atom stereocenters. The lowest BCUT2D eigenvalue weighted by Gasteiger charge is -2.33. The van der Waals surface area contributed by atoms with Crippen LogP contribution in [0.4, 0.5) is 9.18 Å². The highest BCUT2D eigenvalue weighted by Crippen LogP contribution is 2.40. The van der Waals surface area contributed by atoms with E-state index < -0.39 is 35.9 Å². The van der Waals surface area contributed by atoms with E-state index in [2.05, 4.69) is 6.07 Å². The van der Waals surface area contributed by atoms with E-state index in [1.165, 1.54) is 12.1 Å². The maximum absolute atomic E-state index is 13.6. The van der Waals surface area contributed by atoms with Crippen LogP contribution in [-0.2, 0) is 14.0 Å². The zero-order valence-electron chi connectivity index (χ0n) is 22.7. The third kappa shape index (κ3) is 5.25. The van der Waals surface area contributed by atoms with Crippen LogP contribution in [0, 0.1) is 22.6 Å². The predicted molar refractivity (Wildman–Crippen MR) is 141 cm³/mol. The van der Waals surface area contributed by atoms with Crippen molar-refractivity contribution in [2.75, 3.05) is 6.54 Å². The van der Waals surface area contributed by atoms with E-state index in [4.69, 9.17) is 14.0 Å². The third-order valence-electron chi connectivity index (χ3n) is 8.22. The first-order valence-corrected chi connectivity index (χ1v) is 12.9. The number of halogens is 1. The molecule has 37 heavy (non-hydrogen) atoms. The Morgan fingerprint density at radius 2 is 1.62 bits per heavy atom. The van der Waals surface area contributed by atoms with E-state index in [1.807, 2.05) is 58.9 Å². The topological polar surface area (TPSA) is 71.8 Å². The number of ether oxygens (including phenoxy) is 1. The number of cyclic esters (lactones) is 1. The molecule has 0 N–H and O–H groups in total. The maximum atomic E-state index is 13.6. The molecule has 8 heteroatoms. The first-order chi connectivity index (χ1) is 17.3. The van der Waals surface area contributed by atoms with Crippen LogP contribution in [0.5, 0.6) is 0 Å². The Kier molecular flexibility index (Phi) is 7.17. The van der Waals surface area contributed by atoms with Gasteiger partial charge >= 0.3 is 13.2 Å². The van der Waals surface area contributed by atoms with Crippen LogP contribution in [-0.4, -0.2) is 42.0 Å². The molecule has 2 aliphatic rings. The molecule has 4 rings (SSSR count). The number of amides is 1. The summed E-state index contributed by atoms with van der Waals surface area (Å²) in [7, 11) is -0.456. The Morgan fingerprint density at radius 3 is 2.16 bits per heavy atom. The standard InChI is InChI=1S/C29H36BFN2O4/c1-19(20-8-12-22(13-9-20)30-36-28(4,5)29(6,7)37-30)33-17-16-24(21-10-14-23(31)15-11-21)25(35-26(33)34)27(2,3)18-32/h8-15,19,24-25H,16-17H2,1-7H3/t19-,24?,25-/m0/s1. The quantitative estimate of drug-likeness (QED) is 0.485. The molecule has 0 bridgehead atoms.